The fourth-order valence-electron chi connectivity index (χ4n) is 2.50. The number of nitrogens with one attached hydrogen (secondary N) is 2. The Bertz CT molecular complexity index is 576. The lowest BCUT2D eigenvalue weighted by atomic mass is 9.96. The molecule has 0 heterocycles. The summed E-state index contributed by atoms with van der Waals surface area (Å²) in [4.78, 5) is 23.8. The number of hydrogen-bond acceptors (Lipinski definition) is 3. The fraction of sp³-hybridized carbons (Fsp3) is 0.500. The number of carbonyl (C=O) groups excluding carboxylic acids is 2. The van der Waals surface area contributed by atoms with Gasteiger partial charge in [-0.05, 0) is 38.0 Å². The molecule has 23 heavy (non-hydrogen) atoms. The molecule has 1 aliphatic carbocycles. The molecule has 1 fully saturated rings. The van der Waals surface area contributed by atoms with Crippen LogP contribution >= 0.6 is 15.9 Å². The highest BCUT2D eigenvalue weighted by molar-refractivity contribution is 9.10. The molecule has 2 rings (SSSR count). The standard InChI is InChI=1S/C16H20BrFN2O3/c1-10(23-14-8-7-11(17)9-13(14)18)15(21)20-16(22)19-12-5-3-2-4-6-12/h7-10,12H,2-6H2,1H3,(H2,19,20,21,22)/t10-/m1/s1. The lowest BCUT2D eigenvalue weighted by Gasteiger charge is -2.23. The van der Waals surface area contributed by atoms with Gasteiger partial charge in [-0.25, -0.2) is 9.18 Å². The van der Waals surface area contributed by atoms with Gasteiger partial charge in [0.1, 0.15) is 0 Å². The highest BCUT2D eigenvalue weighted by atomic mass is 79.9. The van der Waals surface area contributed by atoms with Crippen molar-refractivity contribution in [3.63, 3.8) is 0 Å². The third-order valence-corrected chi connectivity index (χ3v) is 4.24. The minimum absolute atomic E-state index is 0.0384. The normalized spacial score (nSPS) is 16.5. The van der Waals surface area contributed by atoms with Crippen molar-refractivity contribution in [3.05, 3.63) is 28.5 Å². The average Bonchev–Trinajstić information content (AvgIpc) is 2.50. The van der Waals surface area contributed by atoms with Crippen molar-refractivity contribution in [1.29, 1.82) is 0 Å². The molecule has 5 nitrogen and oxygen atoms in total. The second-order valence-electron chi connectivity index (χ2n) is 5.63. The van der Waals surface area contributed by atoms with Gasteiger partial charge in [-0.1, -0.05) is 35.2 Å². The summed E-state index contributed by atoms with van der Waals surface area (Å²) >= 11 is 3.14. The van der Waals surface area contributed by atoms with Crippen molar-refractivity contribution in [2.45, 2.75) is 51.2 Å². The Morgan fingerprint density at radius 1 is 1.30 bits per heavy atom. The maximum atomic E-state index is 13.7. The number of amides is 3. The first-order chi connectivity index (χ1) is 11.0. The maximum Gasteiger partial charge on any atom is 0.321 e. The molecule has 0 radical (unpaired) electrons. The highest BCUT2D eigenvalue weighted by Crippen LogP contribution is 2.22. The van der Waals surface area contributed by atoms with Crippen molar-refractivity contribution in [1.82, 2.24) is 10.6 Å². The fourth-order valence-corrected chi connectivity index (χ4v) is 2.83. The Labute approximate surface area is 143 Å². The quantitative estimate of drug-likeness (QED) is 0.831. The van der Waals surface area contributed by atoms with Gasteiger partial charge in [0.05, 0.1) is 0 Å². The van der Waals surface area contributed by atoms with Gasteiger partial charge in [0, 0.05) is 10.5 Å². The lowest BCUT2D eigenvalue weighted by molar-refractivity contribution is -0.126. The van der Waals surface area contributed by atoms with Gasteiger partial charge in [-0.3, -0.25) is 10.1 Å². The summed E-state index contributed by atoms with van der Waals surface area (Å²) in [5.41, 5.74) is 0. The molecule has 1 atom stereocenters. The summed E-state index contributed by atoms with van der Waals surface area (Å²) < 4.78 is 19.5. The topological polar surface area (TPSA) is 67.4 Å². The molecule has 0 aromatic heterocycles. The van der Waals surface area contributed by atoms with Crippen molar-refractivity contribution < 1.29 is 18.7 Å². The second kappa shape index (κ2) is 8.29. The summed E-state index contributed by atoms with van der Waals surface area (Å²) in [6, 6.07) is 3.85. The Morgan fingerprint density at radius 3 is 2.65 bits per heavy atom. The van der Waals surface area contributed by atoms with E-state index in [2.05, 4.69) is 26.6 Å². The van der Waals surface area contributed by atoms with Crippen LogP contribution < -0.4 is 15.4 Å². The van der Waals surface area contributed by atoms with E-state index < -0.39 is 23.9 Å². The zero-order chi connectivity index (χ0) is 16.8. The smallest absolute Gasteiger partial charge is 0.321 e. The maximum absolute atomic E-state index is 13.7. The van der Waals surface area contributed by atoms with Crippen LogP contribution in [0.3, 0.4) is 0 Å². The molecule has 0 bridgehead atoms. The number of urea groups is 1. The first-order valence-corrected chi connectivity index (χ1v) is 8.48. The van der Waals surface area contributed by atoms with Crippen LogP contribution in [0.2, 0.25) is 0 Å². The first-order valence-electron chi connectivity index (χ1n) is 7.69. The van der Waals surface area contributed by atoms with Gasteiger partial charge in [-0.15, -0.1) is 0 Å². The number of halogens is 2. The van der Waals surface area contributed by atoms with Gasteiger partial charge in [0.15, 0.2) is 17.7 Å². The average molecular weight is 387 g/mol. The zero-order valence-electron chi connectivity index (χ0n) is 12.9. The molecule has 2 N–H and O–H groups in total. The van der Waals surface area contributed by atoms with Crippen LogP contribution in [0.1, 0.15) is 39.0 Å². The van der Waals surface area contributed by atoms with E-state index in [0.29, 0.717) is 4.47 Å². The lowest BCUT2D eigenvalue weighted by Crippen LogP contribution is -2.48. The zero-order valence-corrected chi connectivity index (χ0v) is 14.5. The molecule has 1 aliphatic rings. The van der Waals surface area contributed by atoms with E-state index in [9.17, 15) is 14.0 Å². The summed E-state index contributed by atoms with van der Waals surface area (Å²) in [5.74, 6) is -1.23. The molecule has 0 spiro atoms. The van der Waals surface area contributed by atoms with Crippen LogP contribution in [0.15, 0.2) is 22.7 Å². The summed E-state index contributed by atoms with van der Waals surface area (Å²) in [5, 5.41) is 5.01. The van der Waals surface area contributed by atoms with Crippen molar-refractivity contribution in [2.24, 2.45) is 0 Å². The Kier molecular flexibility index (Phi) is 6.38. The molecule has 7 heteroatoms. The Morgan fingerprint density at radius 2 is 2.00 bits per heavy atom. The first kappa shape index (κ1) is 17.7. The predicted molar refractivity (Wildman–Crippen MR) is 87.7 cm³/mol. The van der Waals surface area contributed by atoms with Crippen molar-refractivity contribution in [2.75, 3.05) is 0 Å². The molecule has 1 aromatic carbocycles. The van der Waals surface area contributed by atoms with Gasteiger partial charge in [0.25, 0.3) is 5.91 Å². The van der Waals surface area contributed by atoms with Gasteiger partial charge in [0.2, 0.25) is 0 Å². The van der Waals surface area contributed by atoms with E-state index in [1.54, 1.807) is 6.07 Å². The molecule has 1 saturated carbocycles. The number of carbonyl (C=O) groups is 2. The van der Waals surface area contributed by atoms with Crippen molar-refractivity contribution in [3.8, 4) is 5.75 Å². The number of hydrogen-bond donors (Lipinski definition) is 2. The Hall–Kier alpha value is -1.63. The second-order valence-corrected chi connectivity index (χ2v) is 6.55. The van der Waals surface area contributed by atoms with Crippen LogP contribution in [0, 0.1) is 5.82 Å². The number of imide groups is 1. The summed E-state index contributed by atoms with van der Waals surface area (Å²) in [6.07, 6.45) is 4.23. The molecular formula is C16H20BrFN2O3. The summed E-state index contributed by atoms with van der Waals surface area (Å²) in [6.45, 7) is 1.46. The van der Waals surface area contributed by atoms with Crippen LogP contribution in [0.5, 0.6) is 5.75 Å². The van der Waals surface area contributed by atoms with Crippen LogP contribution in [0.25, 0.3) is 0 Å². The van der Waals surface area contributed by atoms with Crippen molar-refractivity contribution >= 4 is 27.9 Å². The monoisotopic (exact) mass is 386 g/mol. The van der Waals surface area contributed by atoms with E-state index in [1.165, 1.54) is 25.5 Å². The third-order valence-electron chi connectivity index (χ3n) is 3.74. The van der Waals surface area contributed by atoms with E-state index >= 15 is 0 Å². The number of rotatable bonds is 4. The summed E-state index contributed by atoms with van der Waals surface area (Å²) in [7, 11) is 0. The third kappa shape index (κ3) is 5.49. The molecule has 126 valence electrons. The number of benzene rings is 1. The molecule has 0 aliphatic heterocycles. The molecule has 0 unspecified atom stereocenters. The number of ether oxygens (including phenoxy) is 1. The van der Waals surface area contributed by atoms with E-state index in [-0.39, 0.29) is 11.8 Å². The molecule has 3 amide bonds. The largest absolute Gasteiger partial charge is 0.478 e. The van der Waals surface area contributed by atoms with Gasteiger partial charge >= 0.3 is 6.03 Å². The Balaban J connectivity index is 1.83. The molecular weight excluding hydrogens is 367 g/mol. The SMILES string of the molecule is C[C@@H](Oc1ccc(Br)cc1F)C(=O)NC(=O)NC1CCCCC1. The van der Waals surface area contributed by atoms with E-state index in [1.807, 2.05) is 0 Å². The van der Waals surface area contributed by atoms with Crippen LogP contribution in [-0.4, -0.2) is 24.1 Å². The van der Waals surface area contributed by atoms with Crippen LogP contribution in [-0.2, 0) is 4.79 Å². The van der Waals surface area contributed by atoms with E-state index in [4.69, 9.17) is 4.74 Å². The highest BCUT2D eigenvalue weighted by Gasteiger charge is 2.21. The predicted octanol–water partition coefficient (Wildman–Crippen LogP) is 3.51. The van der Waals surface area contributed by atoms with Gasteiger partial charge in [-0.2, -0.15) is 0 Å². The van der Waals surface area contributed by atoms with Gasteiger partial charge < -0.3 is 10.1 Å². The molecule has 1 aromatic rings. The minimum Gasteiger partial charge on any atom is -0.478 e. The molecule has 0 saturated heterocycles. The minimum atomic E-state index is -0.984. The van der Waals surface area contributed by atoms with E-state index in [0.717, 1.165) is 25.7 Å². The van der Waals surface area contributed by atoms with Crippen LogP contribution in [0.4, 0.5) is 9.18 Å².